The second kappa shape index (κ2) is 4.80. The number of hydrogen-bond acceptors (Lipinski definition) is 3. The lowest BCUT2D eigenvalue weighted by molar-refractivity contribution is 0.598. The van der Waals surface area contributed by atoms with E-state index in [0.29, 0.717) is 6.54 Å². The first-order valence-corrected chi connectivity index (χ1v) is 6.45. The van der Waals surface area contributed by atoms with E-state index in [1.54, 1.807) is 11.3 Å². The Morgan fingerprint density at radius 2 is 2.25 bits per heavy atom. The predicted octanol–water partition coefficient (Wildman–Crippen LogP) is 2.79. The van der Waals surface area contributed by atoms with Crippen LogP contribution in [0.2, 0.25) is 0 Å². The van der Waals surface area contributed by atoms with Gasteiger partial charge in [0.1, 0.15) is 0 Å². The highest BCUT2D eigenvalue weighted by molar-refractivity contribution is 7.10. The van der Waals surface area contributed by atoms with Gasteiger partial charge in [-0.15, -0.1) is 11.3 Å². The molecule has 0 atom stereocenters. The highest BCUT2D eigenvalue weighted by Gasteiger charge is 2.11. The lowest BCUT2D eigenvalue weighted by Crippen LogP contribution is -1.96. The summed E-state index contributed by atoms with van der Waals surface area (Å²) in [5, 5.41) is 6.60. The summed E-state index contributed by atoms with van der Waals surface area (Å²) in [6.45, 7) is 5.79. The van der Waals surface area contributed by atoms with Gasteiger partial charge in [0.25, 0.3) is 0 Å². The molecule has 0 spiro atoms. The molecule has 4 heteroatoms. The summed E-state index contributed by atoms with van der Waals surface area (Å²) in [7, 11) is 0. The largest absolute Gasteiger partial charge is 0.326 e. The highest BCUT2D eigenvalue weighted by Crippen LogP contribution is 2.29. The third kappa shape index (κ3) is 2.03. The van der Waals surface area contributed by atoms with E-state index in [1.807, 2.05) is 4.68 Å². The van der Waals surface area contributed by atoms with Crippen LogP contribution in [-0.2, 0) is 13.1 Å². The third-order valence-corrected chi connectivity index (χ3v) is 3.56. The van der Waals surface area contributed by atoms with E-state index in [2.05, 4.69) is 36.6 Å². The molecule has 0 unspecified atom stereocenters. The van der Waals surface area contributed by atoms with Crippen molar-refractivity contribution in [3.8, 4) is 11.1 Å². The van der Waals surface area contributed by atoms with E-state index in [0.717, 1.165) is 18.7 Å². The third-order valence-electron chi connectivity index (χ3n) is 2.62. The number of nitrogens with two attached hydrogens (primary N) is 1. The van der Waals surface area contributed by atoms with Gasteiger partial charge in [-0.1, -0.05) is 6.92 Å². The molecule has 16 heavy (non-hydrogen) atoms. The zero-order valence-corrected chi connectivity index (χ0v) is 10.5. The Morgan fingerprint density at radius 3 is 2.94 bits per heavy atom. The smallest absolute Gasteiger partial charge is 0.0672 e. The van der Waals surface area contributed by atoms with Crippen molar-refractivity contribution < 1.29 is 0 Å². The van der Waals surface area contributed by atoms with Gasteiger partial charge in [-0.05, 0) is 24.8 Å². The van der Waals surface area contributed by atoms with E-state index in [4.69, 9.17) is 5.73 Å². The molecule has 0 amide bonds. The van der Waals surface area contributed by atoms with Crippen molar-refractivity contribution in [1.29, 1.82) is 0 Å². The van der Waals surface area contributed by atoms with Crippen molar-refractivity contribution in [2.45, 2.75) is 33.4 Å². The molecule has 0 bridgehead atoms. The first kappa shape index (κ1) is 11.4. The fourth-order valence-corrected chi connectivity index (χ4v) is 2.63. The minimum Gasteiger partial charge on any atom is -0.326 e. The van der Waals surface area contributed by atoms with Gasteiger partial charge in [0.15, 0.2) is 0 Å². The van der Waals surface area contributed by atoms with Crippen molar-refractivity contribution in [1.82, 2.24) is 9.78 Å². The standard InChI is InChI=1S/C12H17N3S/c1-3-5-15-8-11(9(2)14-15)10-4-6-16-12(10)7-13/h4,6,8H,3,5,7,13H2,1-2H3. The molecule has 2 rings (SSSR count). The van der Waals surface area contributed by atoms with Crippen molar-refractivity contribution in [2.24, 2.45) is 5.73 Å². The number of rotatable bonds is 4. The van der Waals surface area contributed by atoms with Crippen molar-refractivity contribution >= 4 is 11.3 Å². The maximum absolute atomic E-state index is 5.73. The van der Waals surface area contributed by atoms with Crippen molar-refractivity contribution in [3.05, 3.63) is 28.2 Å². The molecular weight excluding hydrogens is 218 g/mol. The van der Waals surface area contributed by atoms with Gasteiger partial charge < -0.3 is 5.73 Å². The minimum atomic E-state index is 0.603. The Hall–Kier alpha value is -1.13. The molecule has 0 saturated heterocycles. The molecule has 0 fully saturated rings. The molecule has 86 valence electrons. The van der Waals surface area contributed by atoms with E-state index >= 15 is 0 Å². The zero-order chi connectivity index (χ0) is 11.5. The van der Waals surface area contributed by atoms with Gasteiger partial charge in [0.2, 0.25) is 0 Å². The molecule has 0 aliphatic heterocycles. The zero-order valence-electron chi connectivity index (χ0n) is 9.73. The summed E-state index contributed by atoms with van der Waals surface area (Å²) < 4.78 is 2.02. The lowest BCUT2D eigenvalue weighted by atomic mass is 10.1. The number of aryl methyl sites for hydroxylation is 2. The van der Waals surface area contributed by atoms with Crippen LogP contribution in [0.25, 0.3) is 11.1 Å². The van der Waals surface area contributed by atoms with Gasteiger partial charge >= 0.3 is 0 Å². The number of hydrogen-bond donors (Lipinski definition) is 1. The Labute approximate surface area is 99.9 Å². The first-order chi connectivity index (χ1) is 7.76. The van der Waals surface area contributed by atoms with Crippen LogP contribution in [-0.4, -0.2) is 9.78 Å². The second-order valence-electron chi connectivity index (χ2n) is 3.85. The van der Waals surface area contributed by atoms with E-state index in [9.17, 15) is 0 Å². The number of nitrogens with zero attached hydrogens (tertiary/aromatic N) is 2. The van der Waals surface area contributed by atoms with Gasteiger partial charge in [0, 0.05) is 35.3 Å². The van der Waals surface area contributed by atoms with Crippen LogP contribution in [0.5, 0.6) is 0 Å². The molecule has 0 radical (unpaired) electrons. The number of aromatic nitrogens is 2. The summed E-state index contributed by atoms with van der Waals surface area (Å²) in [6.07, 6.45) is 3.23. The van der Waals surface area contributed by atoms with E-state index in [-0.39, 0.29) is 0 Å². The normalized spacial score (nSPS) is 10.9. The van der Waals surface area contributed by atoms with Gasteiger partial charge in [-0.25, -0.2) is 0 Å². The topological polar surface area (TPSA) is 43.8 Å². The summed E-state index contributed by atoms with van der Waals surface area (Å²) >= 11 is 1.71. The molecular formula is C12H17N3S. The molecule has 2 N–H and O–H groups in total. The van der Waals surface area contributed by atoms with Crippen LogP contribution in [0.4, 0.5) is 0 Å². The lowest BCUT2D eigenvalue weighted by Gasteiger charge is -1.98. The predicted molar refractivity (Wildman–Crippen MR) is 68.5 cm³/mol. The van der Waals surface area contributed by atoms with Crippen LogP contribution < -0.4 is 5.73 Å². The maximum atomic E-state index is 5.73. The molecule has 0 aromatic carbocycles. The summed E-state index contributed by atoms with van der Waals surface area (Å²) in [5.41, 5.74) is 9.28. The molecule has 2 aromatic heterocycles. The average molecular weight is 235 g/mol. The second-order valence-corrected chi connectivity index (χ2v) is 4.85. The summed E-state index contributed by atoms with van der Waals surface area (Å²) in [4.78, 5) is 1.24. The van der Waals surface area contributed by atoms with E-state index in [1.165, 1.54) is 16.0 Å². The molecule has 0 saturated carbocycles. The Bertz CT molecular complexity index is 470. The Balaban J connectivity index is 2.39. The molecule has 3 nitrogen and oxygen atoms in total. The van der Waals surface area contributed by atoms with Crippen molar-refractivity contribution in [3.63, 3.8) is 0 Å². The van der Waals surface area contributed by atoms with E-state index < -0.39 is 0 Å². The molecule has 0 aliphatic carbocycles. The fraction of sp³-hybridized carbons (Fsp3) is 0.417. The van der Waals surface area contributed by atoms with Crippen LogP contribution in [0.1, 0.15) is 23.9 Å². The minimum absolute atomic E-state index is 0.603. The highest BCUT2D eigenvalue weighted by atomic mass is 32.1. The van der Waals surface area contributed by atoms with Gasteiger partial charge in [-0.2, -0.15) is 5.10 Å². The van der Waals surface area contributed by atoms with Gasteiger partial charge in [0.05, 0.1) is 5.69 Å². The molecule has 0 aliphatic rings. The van der Waals surface area contributed by atoms with Crippen molar-refractivity contribution in [2.75, 3.05) is 0 Å². The fourth-order valence-electron chi connectivity index (χ4n) is 1.86. The summed E-state index contributed by atoms with van der Waals surface area (Å²) in [5.74, 6) is 0. The molecule has 2 heterocycles. The first-order valence-electron chi connectivity index (χ1n) is 5.57. The Morgan fingerprint density at radius 1 is 1.44 bits per heavy atom. The quantitative estimate of drug-likeness (QED) is 0.885. The Kier molecular flexibility index (Phi) is 3.41. The summed E-state index contributed by atoms with van der Waals surface area (Å²) in [6, 6.07) is 2.13. The number of thiophene rings is 1. The molecule has 2 aromatic rings. The maximum Gasteiger partial charge on any atom is 0.0672 e. The van der Waals surface area contributed by atoms with Crippen LogP contribution in [0.3, 0.4) is 0 Å². The SMILES string of the molecule is CCCn1cc(-c2ccsc2CN)c(C)n1. The average Bonchev–Trinajstić information content (AvgIpc) is 2.84. The van der Waals surface area contributed by atoms with Crippen LogP contribution in [0.15, 0.2) is 17.6 Å². The monoisotopic (exact) mass is 235 g/mol. The van der Waals surface area contributed by atoms with Crippen LogP contribution >= 0.6 is 11.3 Å². The van der Waals surface area contributed by atoms with Gasteiger partial charge in [-0.3, -0.25) is 4.68 Å². The van der Waals surface area contributed by atoms with Crippen LogP contribution in [0, 0.1) is 6.92 Å².